The molecular formula is C16H19N5O2S. The summed E-state index contributed by atoms with van der Waals surface area (Å²) >= 11 is 1.42. The van der Waals surface area contributed by atoms with Gasteiger partial charge in [-0.3, -0.25) is 4.79 Å². The van der Waals surface area contributed by atoms with Gasteiger partial charge in [0.15, 0.2) is 0 Å². The smallest absolute Gasteiger partial charge is 0.270 e. The average Bonchev–Trinajstić information content (AvgIpc) is 3.30. The van der Waals surface area contributed by atoms with Crippen LogP contribution in [0.15, 0.2) is 29.4 Å². The zero-order valence-corrected chi connectivity index (χ0v) is 14.0. The molecule has 0 unspecified atom stereocenters. The van der Waals surface area contributed by atoms with Crippen molar-refractivity contribution < 1.29 is 9.53 Å². The SMILES string of the molecule is O=C(NC[C@H]1OC[C@@H]2CCN(c3ncccn3)C[C@@H]21)c1cscn1. The molecule has 7 nitrogen and oxygen atoms in total. The van der Waals surface area contributed by atoms with Crippen molar-refractivity contribution >= 4 is 23.2 Å². The number of nitrogens with zero attached hydrogens (tertiary/aromatic N) is 4. The molecule has 0 saturated carbocycles. The number of hydrogen-bond acceptors (Lipinski definition) is 7. The molecule has 0 aromatic carbocycles. The van der Waals surface area contributed by atoms with Gasteiger partial charge >= 0.3 is 0 Å². The van der Waals surface area contributed by atoms with Crippen LogP contribution in [-0.4, -0.2) is 53.2 Å². The first-order valence-electron chi connectivity index (χ1n) is 8.11. The first kappa shape index (κ1) is 15.5. The Bertz CT molecular complexity index is 681. The number of carbonyl (C=O) groups is 1. The van der Waals surface area contributed by atoms with Crippen LogP contribution in [-0.2, 0) is 4.74 Å². The maximum Gasteiger partial charge on any atom is 0.270 e. The molecule has 4 rings (SSSR count). The van der Waals surface area contributed by atoms with E-state index in [1.54, 1.807) is 23.3 Å². The fraction of sp³-hybridized carbons (Fsp3) is 0.500. The van der Waals surface area contributed by atoms with Crippen LogP contribution in [0.1, 0.15) is 16.9 Å². The Morgan fingerprint density at radius 3 is 3.04 bits per heavy atom. The number of hydrogen-bond donors (Lipinski definition) is 1. The van der Waals surface area contributed by atoms with Crippen molar-refractivity contribution in [2.24, 2.45) is 11.8 Å². The van der Waals surface area contributed by atoms with Gasteiger partial charge in [-0.15, -0.1) is 11.3 Å². The van der Waals surface area contributed by atoms with E-state index < -0.39 is 0 Å². The van der Waals surface area contributed by atoms with Gasteiger partial charge in [0.1, 0.15) is 5.69 Å². The van der Waals surface area contributed by atoms with E-state index in [9.17, 15) is 4.79 Å². The van der Waals surface area contributed by atoms with E-state index in [4.69, 9.17) is 4.74 Å². The second kappa shape index (κ2) is 6.82. The number of fused-ring (bicyclic) bond motifs is 1. The summed E-state index contributed by atoms with van der Waals surface area (Å²) in [6.07, 6.45) is 4.64. The van der Waals surface area contributed by atoms with E-state index in [1.807, 2.05) is 6.07 Å². The van der Waals surface area contributed by atoms with Crippen molar-refractivity contribution in [3.05, 3.63) is 35.0 Å². The summed E-state index contributed by atoms with van der Waals surface area (Å²) in [4.78, 5) is 27.0. The lowest BCUT2D eigenvalue weighted by atomic mass is 9.84. The van der Waals surface area contributed by atoms with E-state index in [2.05, 4.69) is 25.2 Å². The zero-order valence-electron chi connectivity index (χ0n) is 13.2. The normalized spacial score (nSPS) is 26.2. The molecular weight excluding hydrogens is 326 g/mol. The van der Waals surface area contributed by atoms with E-state index in [0.29, 0.717) is 24.1 Å². The molecule has 2 aliphatic heterocycles. The number of aromatic nitrogens is 3. The summed E-state index contributed by atoms with van der Waals surface area (Å²) in [5.74, 6) is 1.57. The number of thiazole rings is 1. The maximum atomic E-state index is 12.1. The summed E-state index contributed by atoms with van der Waals surface area (Å²) in [7, 11) is 0. The molecule has 1 amide bonds. The van der Waals surface area contributed by atoms with Crippen LogP contribution in [0.25, 0.3) is 0 Å². The van der Waals surface area contributed by atoms with Gasteiger partial charge in [-0.1, -0.05) is 0 Å². The first-order chi connectivity index (χ1) is 11.8. The van der Waals surface area contributed by atoms with Crippen LogP contribution in [0.3, 0.4) is 0 Å². The molecule has 0 bridgehead atoms. The van der Waals surface area contributed by atoms with Crippen LogP contribution in [0.2, 0.25) is 0 Å². The minimum absolute atomic E-state index is 0.0316. The Labute approximate surface area is 144 Å². The van der Waals surface area contributed by atoms with Gasteiger partial charge in [0.2, 0.25) is 5.95 Å². The molecule has 0 spiro atoms. The minimum Gasteiger partial charge on any atom is -0.376 e. The second-order valence-electron chi connectivity index (χ2n) is 6.16. The van der Waals surface area contributed by atoms with E-state index in [1.165, 1.54) is 11.3 Å². The molecule has 3 atom stereocenters. The third kappa shape index (κ3) is 3.11. The van der Waals surface area contributed by atoms with Crippen LogP contribution >= 0.6 is 11.3 Å². The van der Waals surface area contributed by atoms with E-state index in [-0.39, 0.29) is 12.0 Å². The highest BCUT2D eigenvalue weighted by Crippen LogP contribution is 2.34. The van der Waals surface area contributed by atoms with Gasteiger partial charge in [0, 0.05) is 43.3 Å². The highest BCUT2D eigenvalue weighted by Gasteiger charge is 2.41. The van der Waals surface area contributed by atoms with Crippen molar-refractivity contribution in [3.8, 4) is 0 Å². The molecule has 4 heterocycles. The largest absolute Gasteiger partial charge is 0.376 e. The number of ether oxygens (including phenoxy) is 1. The van der Waals surface area contributed by atoms with Crippen molar-refractivity contribution in [3.63, 3.8) is 0 Å². The van der Waals surface area contributed by atoms with Crippen LogP contribution in [0.5, 0.6) is 0 Å². The lowest BCUT2D eigenvalue weighted by Gasteiger charge is -2.35. The van der Waals surface area contributed by atoms with Crippen molar-refractivity contribution in [1.82, 2.24) is 20.3 Å². The fourth-order valence-corrected chi connectivity index (χ4v) is 4.02. The number of amides is 1. The Morgan fingerprint density at radius 1 is 1.38 bits per heavy atom. The lowest BCUT2D eigenvalue weighted by Crippen LogP contribution is -2.46. The standard InChI is InChI=1S/C16H19N5O2S/c22-15(13-9-24-10-20-13)19-6-14-12-7-21(5-2-11(12)8-23-14)16-17-3-1-4-18-16/h1,3-4,9-12,14H,2,5-8H2,(H,19,22)/t11-,12-,14+/m0/s1. The second-order valence-corrected chi connectivity index (χ2v) is 6.88. The van der Waals surface area contributed by atoms with E-state index >= 15 is 0 Å². The maximum absolute atomic E-state index is 12.1. The minimum atomic E-state index is -0.137. The molecule has 2 aromatic heterocycles. The fourth-order valence-electron chi connectivity index (χ4n) is 3.48. The molecule has 126 valence electrons. The molecule has 2 aromatic rings. The topological polar surface area (TPSA) is 80.2 Å². The Balaban J connectivity index is 1.38. The van der Waals surface area contributed by atoms with Crippen LogP contribution < -0.4 is 10.2 Å². The molecule has 0 radical (unpaired) electrons. The van der Waals surface area contributed by atoms with Gasteiger partial charge in [-0.25, -0.2) is 15.0 Å². The Kier molecular flexibility index (Phi) is 4.40. The van der Waals surface area contributed by atoms with Crippen molar-refractivity contribution in [2.45, 2.75) is 12.5 Å². The van der Waals surface area contributed by atoms with Gasteiger partial charge < -0.3 is 15.0 Å². The first-order valence-corrected chi connectivity index (χ1v) is 9.05. The van der Waals surface area contributed by atoms with Gasteiger partial charge in [0.25, 0.3) is 5.91 Å². The highest BCUT2D eigenvalue weighted by molar-refractivity contribution is 7.07. The Hall–Kier alpha value is -2.06. The van der Waals surface area contributed by atoms with Crippen molar-refractivity contribution in [2.75, 3.05) is 31.1 Å². The monoisotopic (exact) mass is 345 g/mol. The molecule has 0 aliphatic carbocycles. The number of rotatable bonds is 4. The number of piperidine rings is 1. The quantitative estimate of drug-likeness (QED) is 0.897. The average molecular weight is 345 g/mol. The van der Waals surface area contributed by atoms with Crippen LogP contribution in [0.4, 0.5) is 5.95 Å². The third-order valence-electron chi connectivity index (χ3n) is 4.77. The number of anilines is 1. The summed E-state index contributed by atoms with van der Waals surface area (Å²) in [5.41, 5.74) is 2.13. The summed E-state index contributed by atoms with van der Waals surface area (Å²) < 4.78 is 5.95. The van der Waals surface area contributed by atoms with Gasteiger partial charge in [-0.05, 0) is 18.4 Å². The molecule has 24 heavy (non-hydrogen) atoms. The summed E-state index contributed by atoms with van der Waals surface area (Å²) in [5, 5.41) is 4.70. The number of nitrogens with one attached hydrogen (secondary N) is 1. The zero-order chi connectivity index (χ0) is 16.4. The van der Waals surface area contributed by atoms with Gasteiger partial charge in [0.05, 0.1) is 18.2 Å². The van der Waals surface area contributed by atoms with Crippen LogP contribution in [0, 0.1) is 11.8 Å². The molecule has 2 saturated heterocycles. The van der Waals surface area contributed by atoms with Gasteiger partial charge in [-0.2, -0.15) is 0 Å². The number of carbonyl (C=O) groups excluding carboxylic acids is 1. The predicted molar refractivity (Wildman–Crippen MR) is 90.0 cm³/mol. The predicted octanol–water partition coefficient (Wildman–Crippen LogP) is 1.20. The van der Waals surface area contributed by atoms with E-state index in [0.717, 1.165) is 32.1 Å². The van der Waals surface area contributed by atoms with Crippen molar-refractivity contribution in [1.29, 1.82) is 0 Å². The molecule has 1 N–H and O–H groups in total. The molecule has 8 heteroatoms. The molecule has 2 aliphatic rings. The molecule has 2 fully saturated rings. The lowest BCUT2D eigenvalue weighted by molar-refractivity contribution is 0.0780. The third-order valence-corrected chi connectivity index (χ3v) is 5.36. The summed E-state index contributed by atoms with van der Waals surface area (Å²) in [6.45, 7) is 3.10. The Morgan fingerprint density at radius 2 is 2.25 bits per heavy atom. The summed E-state index contributed by atoms with van der Waals surface area (Å²) in [6, 6.07) is 1.83. The highest BCUT2D eigenvalue weighted by atomic mass is 32.1.